The molecule has 2 heterocycles. The first-order valence-electron chi connectivity index (χ1n) is 8.13. The molecule has 21 heavy (non-hydrogen) atoms. The summed E-state index contributed by atoms with van der Waals surface area (Å²) < 4.78 is 1.79. The van der Waals surface area contributed by atoms with Gasteiger partial charge in [0, 0.05) is 32.0 Å². The molecular weight excluding hydrogens is 264 g/mol. The van der Waals surface area contributed by atoms with Crippen molar-refractivity contribution in [2.45, 2.75) is 40.2 Å². The molecule has 1 aromatic heterocycles. The van der Waals surface area contributed by atoms with Crippen LogP contribution in [0.4, 0.5) is 5.82 Å². The molecule has 118 valence electrons. The second-order valence-electron chi connectivity index (χ2n) is 6.36. The monoisotopic (exact) mass is 292 g/mol. The van der Waals surface area contributed by atoms with Crippen molar-refractivity contribution in [1.29, 1.82) is 0 Å². The Hall–Kier alpha value is -1.36. The van der Waals surface area contributed by atoms with Gasteiger partial charge in [-0.25, -0.2) is 4.98 Å². The van der Waals surface area contributed by atoms with Crippen LogP contribution in [0.2, 0.25) is 0 Å². The third kappa shape index (κ3) is 4.30. The van der Waals surface area contributed by atoms with Gasteiger partial charge in [-0.3, -0.25) is 4.79 Å². The van der Waals surface area contributed by atoms with Crippen molar-refractivity contribution in [3.05, 3.63) is 22.7 Å². The molecule has 0 radical (unpaired) electrons. The largest absolute Gasteiger partial charge is 0.352 e. The molecule has 0 saturated carbocycles. The van der Waals surface area contributed by atoms with E-state index in [0.29, 0.717) is 17.7 Å². The number of aromatic nitrogens is 2. The first-order chi connectivity index (χ1) is 10.1. The summed E-state index contributed by atoms with van der Waals surface area (Å²) in [5.41, 5.74) is 0.0512. The Kier molecular flexibility index (Phi) is 5.79. The van der Waals surface area contributed by atoms with Gasteiger partial charge in [-0.05, 0) is 37.8 Å². The molecule has 1 aliphatic heterocycles. The van der Waals surface area contributed by atoms with Crippen LogP contribution in [0.5, 0.6) is 0 Å². The Bertz CT molecular complexity index is 497. The van der Waals surface area contributed by atoms with E-state index in [0.717, 1.165) is 39.1 Å². The Balaban J connectivity index is 2.12. The fraction of sp³-hybridized carbons (Fsp3) is 0.750. The highest BCUT2D eigenvalue weighted by molar-refractivity contribution is 5.36. The van der Waals surface area contributed by atoms with Gasteiger partial charge >= 0.3 is 0 Å². The summed E-state index contributed by atoms with van der Waals surface area (Å²) in [4.78, 5) is 19.1. The zero-order valence-electron chi connectivity index (χ0n) is 13.5. The van der Waals surface area contributed by atoms with Crippen molar-refractivity contribution < 1.29 is 0 Å². The molecule has 1 atom stereocenters. The number of hydrogen-bond donors (Lipinski definition) is 1. The maximum absolute atomic E-state index is 12.6. The van der Waals surface area contributed by atoms with E-state index >= 15 is 0 Å². The van der Waals surface area contributed by atoms with Crippen LogP contribution in [0, 0.1) is 11.8 Å². The minimum absolute atomic E-state index is 0.0512. The summed E-state index contributed by atoms with van der Waals surface area (Å²) in [6.07, 6.45) is 5.92. The van der Waals surface area contributed by atoms with Gasteiger partial charge in [-0.15, -0.1) is 0 Å². The second kappa shape index (κ2) is 7.59. The van der Waals surface area contributed by atoms with E-state index in [2.05, 4.69) is 36.0 Å². The molecule has 0 bridgehead atoms. The lowest BCUT2D eigenvalue weighted by atomic mass is 9.98. The summed E-state index contributed by atoms with van der Waals surface area (Å²) in [6.45, 7) is 11.0. The molecule has 5 heteroatoms. The molecule has 1 aliphatic rings. The Morgan fingerprint density at radius 2 is 2.29 bits per heavy atom. The minimum atomic E-state index is 0.0512. The van der Waals surface area contributed by atoms with E-state index < -0.39 is 0 Å². The SMILES string of the molecule is CCNCC1CCCN(c2nccn(CC(C)C)c2=O)C1. The quantitative estimate of drug-likeness (QED) is 0.867. The molecule has 1 unspecified atom stereocenters. The van der Waals surface area contributed by atoms with Gasteiger partial charge in [0.1, 0.15) is 0 Å². The van der Waals surface area contributed by atoms with Crippen LogP contribution in [0.3, 0.4) is 0 Å². The number of nitrogens with one attached hydrogen (secondary N) is 1. The lowest BCUT2D eigenvalue weighted by molar-refractivity contribution is 0.392. The zero-order valence-corrected chi connectivity index (χ0v) is 13.5. The summed E-state index contributed by atoms with van der Waals surface area (Å²) in [7, 11) is 0. The van der Waals surface area contributed by atoms with E-state index in [-0.39, 0.29) is 5.56 Å². The average molecular weight is 292 g/mol. The van der Waals surface area contributed by atoms with Crippen molar-refractivity contribution in [2.75, 3.05) is 31.1 Å². The number of piperidine rings is 1. The summed E-state index contributed by atoms with van der Waals surface area (Å²) in [5.74, 6) is 1.69. The lowest BCUT2D eigenvalue weighted by Gasteiger charge is -2.33. The maximum Gasteiger partial charge on any atom is 0.293 e. The van der Waals surface area contributed by atoms with Crippen molar-refractivity contribution in [3.8, 4) is 0 Å². The Labute approximate surface area is 127 Å². The van der Waals surface area contributed by atoms with E-state index in [4.69, 9.17) is 0 Å². The third-order valence-corrected chi connectivity index (χ3v) is 3.96. The highest BCUT2D eigenvalue weighted by atomic mass is 16.1. The highest BCUT2D eigenvalue weighted by Crippen LogP contribution is 2.18. The molecule has 1 N–H and O–H groups in total. The lowest BCUT2D eigenvalue weighted by Crippen LogP contribution is -2.43. The van der Waals surface area contributed by atoms with Crippen molar-refractivity contribution in [3.63, 3.8) is 0 Å². The number of rotatable bonds is 6. The topological polar surface area (TPSA) is 50.2 Å². The van der Waals surface area contributed by atoms with Crippen molar-refractivity contribution in [1.82, 2.24) is 14.9 Å². The first kappa shape index (κ1) is 16.0. The summed E-state index contributed by atoms with van der Waals surface area (Å²) in [5, 5.41) is 3.41. The molecule has 1 aromatic rings. The highest BCUT2D eigenvalue weighted by Gasteiger charge is 2.22. The van der Waals surface area contributed by atoms with Gasteiger partial charge in [0.15, 0.2) is 5.82 Å². The van der Waals surface area contributed by atoms with Gasteiger partial charge in [-0.2, -0.15) is 0 Å². The standard InChI is InChI=1S/C16H28N4O/c1-4-17-10-14-6-5-8-19(12-14)15-16(21)20(9-7-18-15)11-13(2)3/h7,9,13-14,17H,4-6,8,10-12H2,1-3H3. The minimum Gasteiger partial charge on any atom is -0.352 e. The molecule has 0 spiro atoms. The van der Waals surface area contributed by atoms with Crippen LogP contribution in [-0.2, 0) is 6.54 Å². The summed E-state index contributed by atoms with van der Waals surface area (Å²) in [6, 6.07) is 0. The molecule has 1 saturated heterocycles. The van der Waals surface area contributed by atoms with Crippen LogP contribution < -0.4 is 15.8 Å². The van der Waals surface area contributed by atoms with E-state index in [1.54, 1.807) is 17.0 Å². The molecule has 5 nitrogen and oxygen atoms in total. The molecule has 1 fully saturated rings. The van der Waals surface area contributed by atoms with Gasteiger partial charge in [0.25, 0.3) is 5.56 Å². The van der Waals surface area contributed by atoms with Crippen LogP contribution in [0.1, 0.15) is 33.6 Å². The number of hydrogen-bond acceptors (Lipinski definition) is 4. The normalized spacial score (nSPS) is 19.2. The van der Waals surface area contributed by atoms with E-state index in [1.165, 1.54) is 6.42 Å². The summed E-state index contributed by atoms with van der Waals surface area (Å²) >= 11 is 0. The zero-order chi connectivity index (χ0) is 15.2. The smallest absolute Gasteiger partial charge is 0.293 e. The molecule has 0 amide bonds. The molecule has 2 rings (SSSR count). The molecule has 0 aromatic carbocycles. The van der Waals surface area contributed by atoms with Crippen molar-refractivity contribution in [2.24, 2.45) is 11.8 Å². The predicted octanol–water partition coefficient (Wildman–Crippen LogP) is 1.73. The van der Waals surface area contributed by atoms with Gasteiger partial charge in [-0.1, -0.05) is 20.8 Å². The Morgan fingerprint density at radius 1 is 1.48 bits per heavy atom. The van der Waals surface area contributed by atoms with Gasteiger partial charge < -0.3 is 14.8 Å². The number of nitrogens with zero attached hydrogens (tertiary/aromatic N) is 3. The van der Waals surface area contributed by atoms with E-state index in [9.17, 15) is 4.79 Å². The van der Waals surface area contributed by atoms with Crippen LogP contribution in [0.15, 0.2) is 17.2 Å². The fourth-order valence-corrected chi connectivity index (χ4v) is 2.96. The van der Waals surface area contributed by atoms with Crippen LogP contribution in [-0.4, -0.2) is 35.7 Å². The predicted molar refractivity (Wildman–Crippen MR) is 86.8 cm³/mol. The fourth-order valence-electron chi connectivity index (χ4n) is 2.96. The van der Waals surface area contributed by atoms with Crippen molar-refractivity contribution >= 4 is 5.82 Å². The second-order valence-corrected chi connectivity index (χ2v) is 6.36. The average Bonchev–Trinajstić information content (AvgIpc) is 2.47. The van der Waals surface area contributed by atoms with E-state index in [1.807, 2.05) is 0 Å². The maximum atomic E-state index is 12.6. The van der Waals surface area contributed by atoms with Crippen LogP contribution in [0.25, 0.3) is 0 Å². The first-order valence-corrected chi connectivity index (χ1v) is 8.13. The Morgan fingerprint density at radius 3 is 3.00 bits per heavy atom. The third-order valence-electron chi connectivity index (χ3n) is 3.96. The van der Waals surface area contributed by atoms with Crippen LogP contribution >= 0.6 is 0 Å². The molecule has 0 aliphatic carbocycles. The van der Waals surface area contributed by atoms with Gasteiger partial charge in [0.2, 0.25) is 0 Å². The van der Waals surface area contributed by atoms with Gasteiger partial charge in [0.05, 0.1) is 0 Å². The number of anilines is 1. The molecular formula is C16H28N4O.